The standard InChI is InChI=1S/C20H29N5OS.C2HF3O2/c1-14(2)21-19(26)18-23-22-17-6-7-20(13-25(17)18)8-10-24(11-9-20)12-16-5-4-15(3)27-16;3-2(4,5)1(6)7/h4-5,14H,6-13H2,1-3H3,(H,21,26);(H,6,7). The molecule has 34 heavy (non-hydrogen) atoms. The molecule has 0 unspecified atom stereocenters. The molecule has 0 aliphatic carbocycles. The van der Waals surface area contributed by atoms with Crippen LogP contribution in [0.5, 0.6) is 0 Å². The average Bonchev–Trinajstić information content (AvgIpc) is 3.34. The van der Waals surface area contributed by atoms with Gasteiger partial charge in [0.25, 0.3) is 5.91 Å². The minimum Gasteiger partial charge on any atom is -0.475 e. The number of aliphatic carboxylic acids is 1. The van der Waals surface area contributed by atoms with Crippen molar-refractivity contribution in [2.75, 3.05) is 13.1 Å². The number of nitrogens with zero attached hydrogens (tertiary/aromatic N) is 4. The van der Waals surface area contributed by atoms with Crippen molar-refractivity contribution in [3.8, 4) is 0 Å². The van der Waals surface area contributed by atoms with Crippen molar-refractivity contribution in [1.29, 1.82) is 0 Å². The molecular weight excluding hydrogens is 471 g/mol. The number of nitrogens with one attached hydrogen (secondary N) is 1. The molecular formula is C22H30F3N5O3S. The zero-order chi connectivity index (χ0) is 25.1. The molecule has 4 heterocycles. The number of carboxylic acid groups (broad SMARTS) is 1. The smallest absolute Gasteiger partial charge is 0.475 e. The largest absolute Gasteiger partial charge is 0.490 e. The third-order valence-corrected chi connectivity index (χ3v) is 7.14. The first-order valence-electron chi connectivity index (χ1n) is 11.2. The van der Waals surface area contributed by atoms with Crippen molar-refractivity contribution in [2.45, 2.75) is 71.8 Å². The summed E-state index contributed by atoms with van der Waals surface area (Å²) in [5, 5.41) is 18.6. The summed E-state index contributed by atoms with van der Waals surface area (Å²) >= 11 is 1.90. The summed E-state index contributed by atoms with van der Waals surface area (Å²) in [5.41, 5.74) is 0.282. The summed E-state index contributed by atoms with van der Waals surface area (Å²) in [5.74, 6) is -1.42. The van der Waals surface area contributed by atoms with E-state index in [1.54, 1.807) is 0 Å². The lowest BCUT2D eigenvalue weighted by Gasteiger charge is -2.44. The fourth-order valence-corrected chi connectivity index (χ4v) is 5.29. The first-order chi connectivity index (χ1) is 15.9. The number of amides is 1. The van der Waals surface area contributed by atoms with Crippen molar-refractivity contribution in [2.24, 2.45) is 5.41 Å². The number of likely N-dealkylation sites (tertiary alicyclic amines) is 1. The van der Waals surface area contributed by atoms with Crippen molar-refractivity contribution in [3.63, 3.8) is 0 Å². The Bertz CT molecular complexity index is 1010. The maximum Gasteiger partial charge on any atom is 0.490 e. The highest BCUT2D eigenvalue weighted by atomic mass is 32.1. The molecule has 2 aliphatic rings. The molecule has 1 saturated heterocycles. The van der Waals surface area contributed by atoms with Crippen LogP contribution in [0.1, 0.15) is 59.3 Å². The van der Waals surface area contributed by atoms with Gasteiger partial charge in [0.05, 0.1) is 0 Å². The molecule has 1 spiro atoms. The molecule has 2 aromatic rings. The lowest BCUT2D eigenvalue weighted by molar-refractivity contribution is -0.192. The van der Waals surface area contributed by atoms with E-state index >= 15 is 0 Å². The number of rotatable bonds is 4. The van der Waals surface area contributed by atoms with Gasteiger partial charge in [-0.15, -0.1) is 21.5 Å². The van der Waals surface area contributed by atoms with Crippen LogP contribution in [-0.4, -0.2) is 62.0 Å². The number of thiophene rings is 1. The number of halogens is 3. The predicted octanol–water partition coefficient (Wildman–Crippen LogP) is 3.65. The number of hydrogen-bond donors (Lipinski definition) is 2. The first-order valence-corrected chi connectivity index (χ1v) is 12.0. The van der Waals surface area contributed by atoms with Crippen LogP contribution in [0.25, 0.3) is 0 Å². The summed E-state index contributed by atoms with van der Waals surface area (Å²) in [6.07, 6.45) is -0.643. The summed E-state index contributed by atoms with van der Waals surface area (Å²) in [6, 6.07) is 4.57. The van der Waals surface area contributed by atoms with Gasteiger partial charge in [-0.2, -0.15) is 13.2 Å². The van der Waals surface area contributed by atoms with Crippen LogP contribution in [0.2, 0.25) is 0 Å². The molecule has 12 heteroatoms. The molecule has 0 saturated carbocycles. The summed E-state index contributed by atoms with van der Waals surface area (Å²) < 4.78 is 33.8. The highest BCUT2D eigenvalue weighted by Gasteiger charge is 2.40. The van der Waals surface area contributed by atoms with Gasteiger partial charge in [-0.05, 0) is 70.7 Å². The minimum atomic E-state index is -5.08. The van der Waals surface area contributed by atoms with E-state index < -0.39 is 12.1 Å². The topological polar surface area (TPSA) is 100 Å². The number of aryl methyl sites for hydroxylation is 2. The number of aromatic nitrogens is 3. The second-order valence-corrected chi connectivity index (χ2v) is 10.6. The average molecular weight is 502 g/mol. The van der Waals surface area contributed by atoms with Crippen LogP contribution in [0.3, 0.4) is 0 Å². The number of fused-ring (bicyclic) bond motifs is 1. The second kappa shape index (κ2) is 10.4. The van der Waals surface area contributed by atoms with E-state index in [-0.39, 0.29) is 17.4 Å². The summed E-state index contributed by atoms with van der Waals surface area (Å²) in [7, 11) is 0. The van der Waals surface area contributed by atoms with Crippen LogP contribution in [0.4, 0.5) is 13.2 Å². The Balaban J connectivity index is 0.000000406. The molecule has 1 fully saturated rings. The maximum atomic E-state index is 12.5. The summed E-state index contributed by atoms with van der Waals surface area (Å²) in [4.78, 5) is 26.8. The fourth-order valence-electron chi connectivity index (χ4n) is 4.36. The number of piperidine rings is 1. The Hall–Kier alpha value is -2.47. The number of carboxylic acids is 1. The lowest BCUT2D eigenvalue weighted by atomic mass is 9.73. The minimum absolute atomic E-state index is 0.104. The van der Waals surface area contributed by atoms with Gasteiger partial charge in [0.1, 0.15) is 5.82 Å². The van der Waals surface area contributed by atoms with Gasteiger partial charge in [0.2, 0.25) is 5.82 Å². The molecule has 0 radical (unpaired) electrons. The number of hydrogen-bond acceptors (Lipinski definition) is 6. The molecule has 4 rings (SSSR count). The van der Waals surface area contributed by atoms with Gasteiger partial charge >= 0.3 is 12.1 Å². The molecule has 188 valence electrons. The number of alkyl halides is 3. The Kier molecular flexibility index (Phi) is 8.02. The molecule has 0 atom stereocenters. The highest BCUT2D eigenvalue weighted by Crippen LogP contribution is 2.41. The Morgan fingerprint density at radius 1 is 1.21 bits per heavy atom. The second-order valence-electron chi connectivity index (χ2n) is 9.25. The van der Waals surface area contributed by atoms with E-state index in [9.17, 15) is 18.0 Å². The Morgan fingerprint density at radius 3 is 2.38 bits per heavy atom. The van der Waals surface area contributed by atoms with Crippen molar-refractivity contribution in [1.82, 2.24) is 25.0 Å². The van der Waals surface area contributed by atoms with E-state index in [0.717, 1.165) is 44.8 Å². The Labute approximate surface area is 200 Å². The third-order valence-electron chi connectivity index (χ3n) is 6.16. The van der Waals surface area contributed by atoms with Gasteiger partial charge < -0.3 is 15.0 Å². The van der Waals surface area contributed by atoms with Gasteiger partial charge in [-0.3, -0.25) is 9.69 Å². The van der Waals surface area contributed by atoms with Crippen LogP contribution < -0.4 is 5.32 Å². The number of carbonyl (C=O) groups is 2. The number of carbonyl (C=O) groups excluding carboxylic acids is 1. The first kappa shape index (κ1) is 26.1. The van der Waals surface area contributed by atoms with Gasteiger partial charge in [-0.1, -0.05) is 0 Å². The van der Waals surface area contributed by atoms with Crippen LogP contribution in [0, 0.1) is 12.3 Å². The quantitative estimate of drug-likeness (QED) is 0.664. The van der Waals surface area contributed by atoms with Gasteiger partial charge in [0.15, 0.2) is 0 Å². The fraction of sp³-hybridized carbons (Fsp3) is 0.636. The Morgan fingerprint density at radius 2 is 1.85 bits per heavy atom. The third kappa shape index (κ3) is 6.56. The zero-order valence-electron chi connectivity index (χ0n) is 19.5. The van der Waals surface area contributed by atoms with E-state index in [1.807, 2.05) is 25.2 Å². The monoisotopic (exact) mass is 501 g/mol. The van der Waals surface area contributed by atoms with Gasteiger partial charge in [0, 0.05) is 35.3 Å². The van der Waals surface area contributed by atoms with Crippen LogP contribution in [0.15, 0.2) is 12.1 Å². The van der Waals surface area contributed by atoms with E-state index in [2.05, 4.69) is 44.0 Å². The molecule has 2 aromatic heterocycles. The van der Waals surface area contributed by atoms with E-state index in [1.165, 1.54) is 22.6 Å². The van der Waals surface area contributed by atoms with Crippen molar-refractivity contribution < 1.29 is 27.9 Å². The lowest BCUT2D eigenvalue weighted by Crippen LogP contribution is -2.45. The maximum absolute atomic E-state index is 12.5. The molecule has 0 aromatic carbocycles. The highest BCUT2D eigenvalue weighted by molar-refractivity contribution is 7.11. The van der Waals surface area contributed by atoms with Gasteiger partial charge in [-0.25, -0.2) is 4.79 Å². The molecule has 0 bridgehead atoms. The van der Waals surface area contributed by atoms with E-state index in [4.69, 9.17) is 9.90 Å². The summed E-state index contributed by atoms with van der Waals surface area (Å²) in [6.45, 7) is 10.3. The molecule has 1 amide bonds. The molecule has 8 nitrogen and oxygen atoms in total. The van der Waals surface area contributed by atoms with Crippen molar-refractivity contribution >= 4 is 23.2 Å². The SMILES string of the molecule is Cc1ccc(CN2CCC3(CCc4nnc(C(=O)NC(C)C)n4C3)CC2)s1.O=C(O)C(F)(F)F. The molecule has 2 aliphatic heterocycles. The zero-order valence-corrected chi connectivity index (χ0v) is 20.3. The normalized spacial score (nSPS) is 17.7. The van der Waals surface area contributed by atoms with Crippen LogP contribution in [-0.2, 0) is 24.3 Å². The van der Waals surface area contributed by atoms with Crippen molar-refractivity contribution in [3.05, 3.63) is 33.5 Å². The molecule has 2 N–H and O–H groups in total. The van der Waals surface area contributed by atoms with E-state index in [0.29, 0.717) is 5.82 Å². The van der Waals surface area contributed by atoms with Crippen LogP contribution >= 0.6 is 11.3 Å². The predicted molar refractivity (Wildman–Crippen MR) is 121 cm³/mol.